The van der Waals surface area contributed by atoms with Crippen molar-refractivity contribution in [3.05, 3.63) is 34.1 Å². The topological polar surface area (TPSA) is 46.2 Å². The molecule has 1 amide bonds. The Kier molecular flexibility index (Phi) is 5.77. The highest BCUT2D eigenvalue weighted by Crippen LogP contribution is 2.16. The Labute approximate surface area is 110 Å². The van der Waals surface area contributed by atoms with Crippen molar-refractivity contribution in [1.82, 2.24) is 5.32 Å². The summed E-state index contributed by atoms with van der Waals surface area (Å²) in [5.74, 6) is -0.0940. The molecule has 1 N–H and O–H groups in total. The van der Waals surface area contributed by atoms with Crippen molar-refractivity contribution in [2.24, 2.45) is 0 Å². The quantitative estimate of drug-likeness (QED) is 0.844. The van der Waals surface area contributed by atoms with E-state index in [1.807, 2.05) is 0 Å². The predicted molar refractivity (Wildman–Crippen MR) is 70.0 cm³/mol. The maximum atomic E-state index is 12.9. The third-order valence-corrected chi connectivity index (χ3v) is 3.55. The van der Waals surface area contributed by atoms with Crippen molar-refractivity contribution in [2.45, 2.75) is 6.42 Å². The minimum absolute atomic E-state index is 0.257. The van der Waals surface area contributed by atoms with Gasteiger partial charge in [-0.05, 0) is 40.5 Å². The molecule has 0 aliphatic rings. The van der Waals surface area contributed by atoms with E-state index in [1.54, 1.807) is 6.26 Å². The molecule has 0 spiro atoms. The van der Waals surface area contributed by atoms with Gasteiger partial charge in [0.2, 0.25) is 0 Å². The molecular weight excluding hydrogens is 309 g/mol. The van der Waals surface area contributed by atoms with Gasteiger partial charge in [0.25, 0.3) is 5.91 Å². The van der Waals surface area contributed by atoms with E-state index in [0.717, 1.165) is 0 Å². The molecule has 1 aromatic carbocycles. The molecule has 6 heteroatoms. The summed E-state index contributed by atoms with van der Waals surface area (Å²) in [7, 11) is -0.840. The summed E-state index contributed by atoms with van der Waals surface area (Å²) in [5, 5.41) is 2.68. The Bertz CT molecular complexity index is 439. The normalized spacial score (nSPS) is 12.2. The van der Waals surface area contributed by atoms with Crippen LogP contribution in [0.5, 0.6) is 0 Å². The number of nitrogens with one attached hydrogen (secondary N) is 1. The number of hydrogen-bond donors (Lipinski definition) is 1. The van der Waals surface area contributed by atoms with Crippen LogP contribution in [0.2, 0.25) is 0 Å². The zero-order valence-corrected chi connectivity index (χ0v) is 11.7. The monoisotopic (exact) mass is 321 g/mol. The zero-order valence-electron chi connectivity index (χ0n) is 9.33. The Morgan fingerprint density at radius 3 is 2.82 bits per heavy atom. The lowest BCUT2D eigenvalue weighted by Crippen LogP contribution is -2.25. The summed E-state index contributed by atoms with van der Waals surface area (Å²) in [4.78, 5) is 11.6. The summed E-state index contributed by atoms with van der Waals surface area (Å²) in [6.07, 6.45) is 2.29. The van der Waals surface area contributed by atoms with Gasteiger partial charge in [-0.15, -0.1) is 0 Å². The van der Waals surface area contributed by atoms with E-state index >= 15 is 0 Å². The van der Waals surface area contributed by atoms with Crippen molar-refractivity contribution in [3.8, 4) is 0 Å². The molecule has 0 aliphatic heterocycles. The second kappa shape index (κ2) is 6.86. The van der Waals surface area contributed by atoms with Crippen LogP contribution in [0.1, 0.15) is 16.8 Å². The number of benzene rings is 1. The number of rotatable bonds is 5. The summed E-state index contributed by atoms with van der Waals surface area (Å²) >= 11 is 3.02. The molecule has 0 fully saturated rings. The van der Waals surface area contributed by atoms with Gasteiger partial charge in [0.05, 0.1) is 4.47 Å². The fourth-order valence-electron chi connectivity index (χ4n) is 1.22. The van der Waals surface area contributed by atoms with E-state index in [4.69, 9.17) is 0 Å². The second-order valence-corrected chi connectivity index (χ2v) is 5.92. The van der Waals surface area contributed by atoms with Crippen LogP contribution in [0.3, 0.4) is 0 Å². The second-order valence-electron chi connectivity index (χ2n) is 3.52. The zero-order chi connectivity index (χ0) is 12.8. The number of carbonyl (C=O) groups excluding carboxylic acids is 1. The van der Waals surface area contributed by atoms with Gasteiger partial charge >= 0.3 is 0 Å². The molecule has 0 saturated carbocycles. The van der Waals surface area contributed by atoms with E-state index in [0.29, 0.717) is 24.3 Å². The molecule has 1 atom stereocenters. The minimum atomic E-state index is -0.840. The lowest BCUT2D eigenvalue weighted by Gasteiger charge is -2.05. The standard InChI is InChI=1S/C11H13BrFNO2S/c1-17(16)6-2-5-14-11(15)8-3-4-10(13)9(12)7-8/h3-4,7H,2,5-6H2,1H3,(H,14,15). The molecule has 0 bridgehead atoms. The molecular formula is C11H13BrFNO2S. The van der Waals surface area contributed by atoms with Crippen LogP contribution in [0, 0.1) is 5.82 Å². The van der Waals surface area contributed by atoms with E-state index in [2.05, 4.69) is 21.2 Å². The molecule has 0 heterocycles. The molecule has 1 rings (SSSR count). The molecule has 17 heavy (non-hydrogen) atoms. The van der Waals surface area contributed by atoms with Crippen LogP contribution in [-0.4, -0.2) is 28.7 Å². The van der Waals surface area contributed by atoms with Crippen molar-refractivity contribution in [1.29, 1.82) is 0 Å². The summed E-state index contributed by atoms with van der Waals surface area (Å²) in [5.41, 5.74) is 0.399. The Balaban J connectivity index is 2.47. The first-order valence-electron chi connectivity index (χ1n) is 5.04. The number of halogens is 2. The first-order chi connectivity index (χ1) is 8.00. The lowest BCUT2D eigenvalue weighted by molar-refractivity contribution is 0.0953. The molecule has 0 saturated heterocycles. The van der Waals surface area contributed by atoms with Crippen LogP contribution in [-0.2, 0) is 10.8 Å². The predicted octanol–water partition coefficient (Wildman–Crippen LogP) is 2.09. The average molecular weight is 322 g/mol. The molecule has 1 aromatic rings. The third kappa shape index (κ3) is 4.95. The van der Waals surface area contributed by atoms with E-state index in [1.165, 1.54) is 18.2 Å². The summed E-state index contributed by atoms with van der Waals surface area (Å²) < 4.78 is 24.0. The number of carbonyl (C=O) groups is 1. The summed E-state index contributed by atoms with van der Waals surface area (Å²) in [6, 6.07) is 4.09. The lowest BCUT2D eigenvalue weighted by atomic mass is 10.2. The van der Waals surface area contributed by atoms with Gasteiger partial charge in [0.1, 0.15) is 5.82 Å². The molecule has 94 valence electrons. The maximum absolute atomic E-state index is 12.9. The van der Waals surface area contributed by atoms with Crippen LogP contribution < -0.4 is 5.32 Å². The van der Waals surface area contributed by atoms with Gasteiger partial charge in [-0.1, -0.05) is 0 Å². The number of amides is 1. The number of hydrogen-bond acceptors (Lipinski definition) is 2. The fourth-order valence-corrected chi connectivity index (χ4v) is 2.15. The molecule has 3 nitrogen and oxygen atoms in total. The largest absolute Gasteiger partial charge is 0.352 e. The SMILES string of the molecule is CS(=O)CCCNC(=O)c1ccc(F)c(Br)c1. The van der Waals surface area contributed by atoms with Crippen LogP contribution in [0.25, 0.3) is 0 Å². The average Bonchev–Trinajstić information content (AvgIpc) is 2.27. The van der Waals surface area contributed by atoms with E-state index in [9.17, 15) is 13.4 Å². The molecule has 0 aromatic heterocycles. The fraction of sp³-hybridized carbons (Fsp3) is 0.364. The Morgan fingerprint density at radius 1 is 1.53 bits per heavy atom. The van der Waals surface area contributed by atoms with Crippen LogP contribution >= 0.6 is 15.9 Å². The van der Waals surface area contributed by atoms with Gasteiger partial charge in [0.15, 0.2) is 0 Å². The molecule has 1 unspecified atom stereocenters. The first kappa shape index (κ1) is 14.3. The van der Waals surface area contributed by atoms with Gasteiger partial charge < -0.3 is 5.32 Å². The maximum Gasteiger partial charge on any atom is 0.251 e. The van der Waals surface area contributed by atoms with E-state index in [-0.39, 0.29) is 10.4 Å². The highest BCUT2D eigenvalue weighted by Gasteiger charge is 2.07. The Hall–Kier alpha value is -0.750. The van der Waals surface area contributed by atoms with Crippen molar-refractivity contribution < 1.29 is 13.4 Å². The van der Waals surface area contributed by atoms with Gasteiger partial charge in [-0.25, -0.2) is 4.39 Å². The summed E-state index contributed by atoms with van der Waals surface area (Å²) in [6.45, 7) is 0.466. The van der Waals surface area contributed by atoms with Crippen LogP contribution in [0.4, 0.5) is 4.39 Å². The van der Waals surface area contributed by atoms with Gasteiger partial charge in [0, 0.05) is 34.9 Å². The smallest absolute Gasteiger partial charge is 0.251 e. The first-order valence-corrected chi connectivity index (χ1v) is 7.56. The molecule has 0 aliphatic carbocycles. The van der Waals surface area contributed by atoms with Gasteiger partial charge in [-0.3, -0.25) is 9.00 Å². The minimum Gasteiger partial charge on any atom is -0.352 e. The van der Waals surface area contributed by atoms with Crippen LogP contribution in [0.15, 0.2) is 22.7 Å². The highest BCUT2D eigenvalue weighted by atomic mass is 79.9. The van der Waals surface area contributed by atoms with Gasteiger partial charge in [-0.2, -0.15) is 0 Å². The third-order valence-electron chi connectivity index (χ3n) is 2.08. The Morgan fingerprint density at radius 2 is 2.24 bits per heavy atom. The van der Waals surface area contributed by atoms with E-state index < -0.39 is 16.6 Å². The van der Waals surface area contributed by atoms with Crippen molar-refractivity contribution in [3.63, 3.8) is 0 Å². The highest BCUT2D eigenvalue weighted by molar-refractivity contribution is 9.10. The van der Waals surface area contributed by atoms with Crippen molar-refractivity contribution in [2.75, 3.05) is 18.6 Å². The molecule has 0 radical (unpaired) electrons. The van der Waals surface area contributed by atoms with Crippen molar-refractivity contribution >= 4 is 32.6 Å².